The van der Waals surface area contributed by atoms with Crippen LogP contribution in [0, 0.1) is 0 Å². The van der Waals surface area contributed by atoms with Crippen LogP contribution in [0.5, 0.6) is 0 Å². The highest BCUT2D eigenvalue weighted by Crippen LogP contribution is 2.30. The molecule has 0 amide bonds. The summed E-state index contributed by atoms with van der Waals surface area (Å²) in [6.45, 7) is 2.98. The first-order valence-electron chi connectivity index (χ1n) is 9.05. The molecule has 3 nitrogen and oxygen atoms in total. The Hall–Kier alpha value is -3.20. The maximum atomic E-state index is 4.97. The first kappa shape index (κ1) is 15.1. The summed E-state index contributed by atoms with van der Waals surface area (Å²) in [5.41, 5.74) is 7.61. The molecule has 0 aliphatic carbocycles. The lowest BCUT2D eigenvalue weighted by molar-refractivity contribution is 0.857. The first-order chi connectivity index (χ1) is 12.8. The number of fused-ring (bicyclic) bond motifs is 4. The van der Waals surface area contributed by atoms with Crippen molar-refractivity contribution >= 4 is 33.1 Å². The van der Waals surface area contributed by atoms with E-state index in [0.29, 0.717) is 0 Å². The van der Waals surface area contributed by atoms with Crippen molar-refractivity contribution < 1.29 is 0 Å². The van der Waals surface area contributed by atoms with Gasteiger partial charge in [-0.2, -0.15) is 0 Å². The minimum atomic E-state index is 0.791. The van der Waals surface area contributed by atoms with E-state index in [1.807, 2.05) is 24.3 Å². The fourth-order valence-corrected chi connectivity index (χ4v) is 3.63. The van der Waals surface area contributed by atoms with Gasteiger partial charge < -0.3 is 4.57 Å². The Morgan fingerprint density at radius 3 is 2.27 bits per heavy atom. The van der Waals surface area contributed by atoms with Crippen LogP contribution in [-0.2, 0) is 13.0 Å². The Balaban J connectivity index is 1.86. The monoisotopic (exact) mass is 337 g/mol. The molecule has 2 aromatic heterocycles. The molecule has 5 aromatic rings. The predicted molar refractivity (Wildman–Crippen MR) is 107 cm³/mol. The van der Waals surface area contributed by atoms with Crippen molar-refractivity contribution in [2.75, 3.05) is 0 Å². The summed E-state index contributed by atoms with van der Waals surface area (Å²) in [6.07, 6.45) is 1.02. The van der Waals surface area contributed by atoms with Crippen LogP contribution in [0.4, 0.5) is 0 Å². The van der Waals surface area contributed by atoms with Crippen LogP contribution in [0.2, 0.25) is 0 Å². The van der Waals surface area contributed by atoms with E-state index in [9.17, 15) is 0 Å². The number of aromatic nitrogens is 3. The van der Waals surface area contributed by atoms with Crippen molar-refractivity contribution in [3.63, 3.8) is 0 Å². The second-order valence-corrected chi connectivity index (χ2v) is 6.66. The summed E-state index contributed by atoms with van der Waals surface area (Å²) in [6, 6.07) is 25.3. The van der Waals surface area contributed by atoms with E-state index in [-0.39, 0.29) is 0 Å². The summed E-state index contributed by atoms with van der Waals surface area (Å²) in [5, 5.41) is 1.19. The first-order valence-corrected chi connectivity index (χ1v) is 9.05. The van der Waals surface area contributed by atoms with Crippen molar-refractivity contribution in [3.05, 3.63) is 83.9 Å². The van der Waals surface area contributed by atoms with E-state index >= 15 is 0 Å². The maximum Gasteiger partial charge on any atom is 0.160 e. The molecule has 0 bridgehead atoms. The smallest absolute Gasteiger partial charge is 0.160 e. The van der Waals surface area contributed by atoms with Crippen LogP contribution in [0.3, 0.4) is 0 Å². The number of para-hydroxylation sites is 2. The highest BCUT2D eigenvalue weighted by Gasteiger charge is 2.15. The Labute approximate surface area is 151 Å². The minimum Gasteiger partial charge on any atom is -0.319 e. The fraction of sp³-hybridized carbons (Fsp3) is 0.130. The highest BCUT2D eigenvalue weighted by molar-refractivity contribution is 6.06. The standard InChI is InChI=1S/C23H19N3/c1-2-16-12-13-21-18(14-16)22-23(25-20-11-7-6-10-19(20)24-22)26(21)15-17-8-4-3-5-9-17/h3-14H,2,15H2,1H3. The quantitative estimate of drug-likeness (QED) is 0.444. The average molecular weight is 337 g/mol. The molecule has 0 aliphatic heterocycles. The number of aryl methyl sites for hydroxylation is 1. The summed E-state index contributed by atoms with van der Waals surface area (Å²) < 4.78 is 2.29. The van der Waals surface area contributed by atoms with Gasteiger partial charge in [0.15, 0.2) is 5.65 Å². The topological polar surface area (TPSA) is 30.7 Å². The van der Waals surface area contributed by atoms with Gasteiger partial charge in [-0.1, -0.05) is 55.5 Å². The van der Waals surface area contributed by atoms with Crippen LogP contribution in [-0.4, -0.2) is 14.5 Å². The third-order valence-corrected chi connectivity index (χ3v) is 5.01. The third-order valence-electron chi connectivity index (χ3n) is 5.01. The van der Waals surface area contributed by atoms with Crippen LogP contribution < -0.4 is 0 Å². The second-order valence-electron chi connectivity index (χ2n) is 6.66. The average Bonchev–Trinajstić information content (AvgIpc) is 2.99. The molecule has 3 heteroatoms. The number of rotatable bonds is 3. The highest BCUT2D eigenvalue weighted by atomic mass is 15.1. The molecular weight excluding hydrogens is 318 g/mol. The normalized spacial score (nSPS) is 11.6. The lowest BCUT2D eigenvalue weighted by atomic mass is 10.1. The summed E-state index contributed by atoms with van der Waals surface area (Å²) in [5.74, 6) is 0. The lowest BCUT2D eigenvalue weighted by Gasteiger charge is -2.07. The number of benzene rings is 3. The van der Waals surface area contributed by atoms with Crippen LogP contribution in [0.1, 0.15) is 18.1 Å². The molecule has 2 heterocycles. The van der Waals surface area contributed by atoms with E-state index in [1.54, 1.807) is 0 Å². The van der Waals surface area contributed by atoms with E-state index < -0.39 is 0 Å². The zero-order valence-electron chi connectivity index (χ0n) is 14.7. The van der Waals surface area contributed by atoms with Gasteiger partial charge in [0.1, 0.15) is 5.52 Å². The molecule has 3 aromatic carbocycles. The molecular formula is C23H19N3. The third kappa shape index (κ3) is 2.36. The van der Waals surface area contributed by atoms with Crippen molar-refractivity contribution in [1.82, 2.24) is 14.5 Å². The van der Waals surface area contributed by atoms with Gasteiger partial charge in [-0.3, -0.25) is 0 Å². The van der Waals surface area contributed by atoms with Crippen molar-refractivity contribution in [1.29, 1.82) is 0 Å². The fourth-order valence-electron chi connectivity index (χ4n) is 3.63. The molecule has 126 valence electrons. The van der Waals surface area contributed by atoms with Gasteiger partial charge in [0, 0.05) is 11.9 Å². The molecule has 0 spiro atoms. The molecule has 5 rings (SSSR count). The van der Waals surface area contributed by atoms with E-state index in [1.165, 1.54) is 22.0 Å². The Kier molecular flexibility index (Phi) is 3.45. The van der Waals surface area contributed by atoms with Crippen molar-refractivity contribution in [2.45, 2.75) is 19.9 Å². The Bertz CT molecular complexity index is 1240. The predicted octanol–water partition coefficient (Wildman–Crippen LogP) is 5.35. The van der Waals surface area contributed by atoms with Gasteiger partial charge in [0.05, 0.1) is 16.6 Å². The van der Waals surface area contributed by atoms with Crippen molar-refractivity contribution in [3.8, 4) is 0 Å². The maximum absolute atomic E-state index is 4.97. The second kappa shape index (κ2) is 5.95. The van der Waals surface area contributed by atoms with E-state index in [2.05, 4.69) is 60.0 Å². The van der Waals surface area contributed by atoms with Gasteiger partial charge in [0.2, 0.25) is 0 Å². The molecule has 0 aliphatic rings. The van der Waals surface area contributed by atoms with E-state index in [0.717, 1.165) is 35.2 Å². The molecule has 0 atom stereocenters. The summed E-state index contributed by atoms with van der Waals surface area (Å²) in [7, 11) is 0. The molecule has 0 fully saturated rings. The van der Waals surface area contributed by atoms with Crippen LogP contribution in [0.15, 0.2) is 72.8 Å². The summed E-state index contributed by atoms with van der Waals surface area (Å²) in [4.78, 5) is 9.93. The molecule has 0 saturated carbocycles. The molecule has 0 radical (unpaired) electrons. The zero-order chi connectivity index (χ0) is 17.5. The molecule has 0 N–H and O–H groups in total. The Morgan fingerprint density at radius 1 is 0.769 bits per heavy atom. The van der Waals surface area contributed by atoms with Crippen LogP contribution in [0.25, 0.3) is 33.1 Å². The van der Waals surface area contributed by atoms with Gasteiger partial charge in [0.25, 0.3) is 0 Å². The summed E-state index contributed by atoms with van der Waals surface area (Å²) >= 11 is 0. The number of hydrogen-bond donors (Lipinski definition) is 0. The zero-order valence-corrected chi connectivity index (χ0v) is 14.7. The van der Waals surface area contributed by atoms with Gasteiger partial charge >= 0.3 is 0 Å². The molecule has 0 saturated heterocycles. The lowest BCUT2D eigenvalue weighted by Crippen LogP contribution is -2.01. The Morgan fingerprint density at radius 2 is 1.50 bits per heavy atom. The van der Waals surface area contributed by atoms with Crippen LogP contribution >= 0.6 is 0 Å². The molecule has 26 heavy (non-hydrogen) atoms. The SMILES string of the molecule is CCc1ccc2c(c1)c1nc3ccccc3nc1n2Cc1ccccc1. The van der Waals surface area contributed by atoms with Crippen molar-refractivity contribution in [2.24, 2.45) is 0 Å². The van der Waals surface area contributed by atoms with Gasteiger partial charge in [-0.05, 0) is 41.8 Å². The minimum absolute atomic E-state index is 0.791. The van der Waals surface area contributed by atoms with Gasteiger partial charge in [-0.15, -0.1) is 0 Å². The molecule has 0 unspecified atom stereocenters. The van der Waals surface area contributed by atoms with Gasteiger partial charge in [-0.25, -0.2) is 9.97 Å². The number of nitrogens with zero attached hydrogens (tertiary/aromatic N) is 3. The van der Waals surface area contributed by atoms with E-state index in [4.69, 9.17) is 9.97 Å². The largest absolute Gasteiger partial charge is 0.319 e. The number of hydrogen-bond acceptors (Lipinski definition) is 2.